The molecule has 5 nitrogen and oxygen atoms in total. The predicted octanol–water partition coefficient (Wildman–Crippen LogP) is 1.41. The highest BCUT2D eigenvalue weighted by atomic mass is 16.5. The minimum atomic E-state index is 0.0119. The number of methoxy groups -OCH3 is 1. The Bertz CT molecular complexity index is 333. The molecule has 0 aliphatic heterocycles. The van der Waals surface area contributed by atoms with Crippen molar-refractivity contribution in [3.8, 4) is 5.75 Å². The molecule has 0 saturated carbocycles. The van der Waals surface area contributed by atoms with Crippen LogP contribution in [0, 0.1) is 0 Å². The van der Waals surface area contributed by atoms with Crippen molar-refractivity contribution in [2.24, 2.45) is 5.84 Å². The maximum absolute atomic E-state index is 5.56. The molecule has 0 saturated heterocycles. The Labute approximate surface area is 102 Å². The summed E-state index contributed by atoms with van der Waals surface area (Å²) in [6.45, 7) is 4.57. The van der Waals surface area contributed by atoms with Crippen LogP contribution in [0.2, 0.25) is 0 Å². The number of nitrogens with two attached hydrogens (primary N) is 1. The van der Waals surface area contributed by atoms with E-state index in [0.29, 0.717) is 6.61 Å². The molecule has 1 rings (SSSR count). The second kappa shape index (κ2) is 7.21. The summed E-state index contributed by atoms with van der Waals surface area (Å²) in [5.74, 6) is 6.32. The van der Waals surface area contributed by atoms with E-state index in [0.717, 1.165) is 17.7 Å². The van der Waals surface area contributed by atoms with Crippen molar-refractivity contribution in [1.29, 1.82) is 0 Å². The average Bonchev–Trinajstić information content (AvgIpc) is 2.36. The highest BCUT2D eigenvalue weighted by Gasteiger charge is 2.14. The van der Waals surface area contributed by atoms with Crippen molar-refractivity contribution >= 4 is 0 Å². The van der Waals surface area contributed by atoms with Gasteiger partial charge < -0.3 is 9.47 Å². The molecule has 0 aromatic carbocycles. The number of hydrazine groups is 1. The number of hydrogen-bond acceptors (Lipinski definition) is 5. The zero-order valence-electron chi connectivity index (χ0n) is 10.6. The third-order valence-electron chi connectivity index (χ3n) is 2.62. The molecule has 0 aliphatic rings. The lowest BCUT2D eigenvalue weighted by Gasteiger charge is -2.20. The summed E-state index contributed by atoms with van der Waals surface area (Å²) < 4.78 is 10.6. The van der Waals surface area contributed by atoms with Crippen LogP contribution in [-0.4, -0.2) is 24.8 Å². The van der Waals surface area contributed by atoms with Crippen LogP contribution < -0.4 is 16.0 Å². The van der Waals surface area contributed by atoms with Gasteiger partial charge in [0, 0.05) is 13.3 Å². The molecule has 0 amide bonds. The summed E-state index contributed by atoms with van der Waals surface area (Å²) in [4.78, 5) is 4.14. The Morgan fingerprint density at radius 2 is 2.24 bits per heavy atom. The van der Waals surface area contributed by atoms with Crippen molar-refractivity contribution in [2.45, 2.75) is 32.4 Å². The van der Waals surface area contributed by atoms with Gasteiger partial charge in [0.2, 0.25) is 0 Å². The largest absolute Gasteiger partial charge is 0.492 e. The lowest BCUT2D eigenvalue weighted by molar-refractivity contribution is 0.100. The molecule has 0 bridgehead atoms. The SMILES string of the molecule is CCOc1cncc(C(CC(C)OC)NN)c1. The first-order chi connectivity index (χ1) is 8.21. The summed E-state index contributed by atoms with van der Waals surface area (Å²) in [6.07, 6.45) is 4.40. The van der Waals surface area contributed by atoms with E-state index in [1.165, 1.54) is 0 Å². The summed E-state index contributed by atoms with van der Waals surface area (Å²) in [7, 11) is 1.69. The molecule has 0 spiro atoms. The van der Waals surface area contributed by atoms with E-state index in [1.54, 1.807) is 19.5 Å². The summed E-state index contributed by atoms with van der Waals surface area (Å²) in [5, 5.41) is 0. The van der Waals surface area contributed by atoms with E-state index in [-0.39, 0.29) is 12.1 Å². The molecule has 1 aromatic heterocycles. The molecule has 2 unspecified atom stereocenters. The van der Waals surface area contributed by atoms with Crippen LogP contribution in [0.4, 0.5) is 0 Å². The molecule has 0 aliphatic carbocycles. The Morgan fingerprint density at radius 1 is 1.47 bits per heavy atom. The third-order valence-corrected chi connectivity index (χ3v) is 2.62. The normalized spacial score (nSPS) is 14.4. The van der Waals surface area contributed by atoms with Gasteiger partial charge in [-0.2, -0.15) is 0 Å². The van der Waals surface area contributed by atoms with Crippen molar-refractivity contribution in [1.82, 2.24) is 10.4 Å². The number of nitrogens with zero attached hydrogens (tertiary/aromatic N) is 1. The van der Waals surface area contributed by atoms with E-state index in [1.807, 2.05) is 19.9 Å². The second-order valence-electron chi connectivity index (χ2n) is 3.89. The van der Waals surface area contributed by atoms with Gasteiger partial charge >= 0.3 is 0 Å². The van der Waals surface area contributed by atoms with Gasteiger partial charge in [-0.3, -0.25) is 16.3 Å². The smallest absolute Gasteiger partial charge is 0.137 e. The molecular formula is C12H21N3O2. The Hall–Kier alpha value is -1.17. The summed E-state index contributed by atoms with van der Waals surface area (Å²) in [6, 6.07) is 1.96. The molecule has 0 radical (unpaired) electrons. The van der Waals surface area contributed by atoms with Gasteiger partial charge in [-0.15, -0.1) is 0 Å². The number of hydrogen-bond donors (Lipinski definition) is 2. The number of pyridine rings is 1. The van der Waals surface area contributed by atoms with Crippen LogP contribution in [0.25, 0.3) is 0 Å². The monoisotopic (exact) mass is 239 g/mol. The third kappa shape index (κ3) is 4.30. The van der Waals surface area contributed by atoms with E-state index in [2.05, 4.69) is 10.4 Å². The van der Waals surface area contributed by atoms with Gasteiger partial charge in [-0.1, -0.05) is 0 Å². The van der Waals surface area contributed by atoms with Gasteiger partial charge in [0.1, 0.15) is 5.75 Å². The van der Waals surface area contributed by atoms with Crippen molar-refractivity contribution < 1.29 is 9.47 Å². The number of aromatic nitrogens is 1. The fourth-order valence-corrected chi connectivity index (χ4v) is 1.60. The molecule has 96 valence electrons. The van der Waals surface area contributed by atoms with E-state index in [9.17, 15) is 0 Å². The predicted molar refractivity (Wildman–Crippen MR) is 66.6 cm³/mol. The van der Waals surface area contributed by atoms with Gasteiger partial charge in [0.15, 0.2) is 0 Å². The first-order valence-corrected chi connectivity index (χ1v) is 5.77. The molecule has 1 heterocycles. The quantitative estimate of drug-likeness (QED) is 0.556. The number of ether oxygens (including phenoxy) is 2. The van der Waals surface area contributed by atoms with Gasteiger partial charge in [-0.25, -0.2) is 0 Å². The second-order valence-corrected chi connectivity index (χ2v) is 3.89. The highest BCUT2D eigenvalue weighted by Crippen LogP contribution is 2.21. The highest BCUT2D eigenvalue weighted by molar-refractivity contribution is 5.26. The number of nitrogens with one attached hydrogen (secondary N) is 1. The van der Waals surface area contributed by atoms with E-state index in [4.69, 9.17) is 15.3 Å². The van der Waals surface area contributed by atoms with Gasteiger partial charge in [-0.05, 0) is 31.9 Å². The Balaban J connectivity index is 2.76. The molecule has 0 fully saturated rings. The zero-order chi connectivity index (χ0) is 12.7. The van der Waals surface area contributed by atoms with Crippen LogP contribution >= 0.6 is 0 Å². The maximum Gasteiger partial charge on any atom is 0.137 e. The van der Waals surface area contributed by atoms with Crippen molar-refractivity contribution in [3.63, 3.8) is 0 Å². The minimum absolute atomic E-state index is 0.0119. The van der Waals surface area contributed by atoms with Crippen LogP contribution in [-0.2, 0) is 4.74 Å². The van der Waals surface area contributed by atoms with Gasteiger partial charge in [0.25, 0.3) is 0 Å². The zero-order valence-corrected chi connectivity index (χ0v) is 10.6. The fraction of sp³-hybridized carbons (Fsp3) is 0.583. The fourth-order valence-electron chi connectivity index (χ4n) is 1.60. The molecule has 1 aromatic rings. The molecule has 2 atom stereocenters. The van der Waals surface area contributed by atoms with Crippen molar-refractivity contribution in [3.05, 3.63) is 24.0 Å². The van der Waals surface area contributed by atoms with Crippen LogP contribution in [0.1, 0.15) is 31.9 Å². The van der Waals surface area contributed by atoms with Crippen LogP contribution in [0.5, 0.6) is 5.75 Å². The first kappa shape index (κ1) is 13.9. The Kier molecular flexibility index (Phi) is 5.90. The minimum Gasteiger partial charge on any atom is -0.492 e. The summed E-state index contributed by atoms with van der Waals surface area (Å²) >= 11 is 0. The van der Waals surface area contributed by atoms with E-state index >= 15 is 0 Å². The van der Waals surface area contributed by atoms with E-state index < -0.39 is 0 Å². The Morgan fingerprint density at radius 3 is 2.82 bits per heavy atom. The molecular weight excluding hydrogens is 218 g/mol. The lowest BCUT2D eigenvalue weighted by atomic mass is 10.0. The maximum atomic E-state index is 5.56. The molecule has 5 heteroatoms. The van der Waals surface area contributed by atoms with Crippen molar-refractivity contribution in [2.75, 3.05) is 13.7 Å². The standard InChI is InChI=1S/C12H21N3O2/c1-4-17-11-6-10(7-14-8-11)12(15-13)5-9(2)16-3/h6-9,12,15H,4-5,13H2,1-3H3. The first-order valence-electron chi connectivity index (χ1n) is 5.77. The molecule has 3 N–H and O–H groups in total. The van der Waals surface area contributed by atoms with Crippen LogP contribution in [0.15, 0.2) is 18.5 Å². The topological polar surface area (TPSA) is 69.4 Å². The number of rotatable bonds is 7. The lowest BCUT2D eigenvalue weighted by Crippen LogP contribution is -2.30. The van der Waals surface area contributed by atoms with Crippen LogP contribution in [0.3, 0.4) is 0 Å². The average molecular weight is 239 g/mol. The van der Waals surface area contributed by atoms with Gasteiger partial charge in [0.05, 0.1) is 24.9 Å². The summed E-state index contributed by atoms with van der Waals surface area (Å²) in [5.41, 5.74) is 3.78. The molecule has 17 heavy (non-hydrogen) atoms.